The van der Waals surface area contributed by atoms with Gasteiger partial charge in [-0.25, -0.2) is 9.59 Å². The van der Waals surface area contributed by atoms with Crippen LogP contribution in [0, 0.1) is 6.92 Å². The van der Waals surface area contributed by atoms with E-state index in [1.165, 1.54) is 7.11 Å². The predicted octanol–water partition coefficient (Wildman–Crippen LogP) is 5.67. The maximum atomic E-state index is 12.5. The van der Waals surface area contributed by atoms with E-state index in [0.29, 0.717) is 51.9 Å². The summed E-state index contributed by atoms with van der Waals surface area (Å²) in [5.41, 5.74) is 4.20. The molecule has 0 aliphatic heterocycles. The van der Waals surface area contributed by atoms with Crippen molar-refractivity contribution in [3.63, 3.8) is 0 Å². The minimum Gasteiger partial charge on any atom is -0.495 e. The van der Waals surface area contributed by atoms with Crippen LogP contribution < -0.4 is 15.4 Å². The molecule has 0 fully saturated rings. The van der Waals surface area contributed by atoms with Gasteiger partial charge in [-0.05, 0) is 73.0 Å². The number of hydrogen-bond donors (Lipinski definition) is 2. The van der Waals surface area contributed by atoms with E-state index in [0.717, 1.165) is 17.0 Å². The lowest BCUT2D eigenvalue weighted by molar-refractivity contribution is 0.0599. The number of esters is 1. The minimum absolute atomic E-state index is 0.381. The van der Waals surface area contributed by atoms with Crippen molar-refractivity contribution in [3.8, 4) is 17.1 Å². The van der Waals surface area contributed by atoms with Crippen LogP contribution in [-0.2, 0) is 24.6 Å². The normalized spacial score (nSPS) is 10.7. The molecule has 0 aliphatic rings. The highest BCUT2D eigenvalue weighted by Crippen LogP contribution is 2.26. The number of nitrogens with one attached hydrogen (secondary N) is 2. The van der Waals surface area contributed by atoms with Crippen LogP contribution in [0.25, 0.3) is 11.4 Å². The van der Waals surface area contributed by atoms with Crippen molar-refractivity contribution in [2.75, 3.05) is 24.9 Å². The first-order valence-electron chi connectivity index (χ1n) is 11.9. The summed E-state index contributed by atoms with van der Waals surface area (Å²) in [5, 5.41) is 14.8. The van der Waals surface area contributed by atoms with Crippen LogP contribution in [0.5, 0.6) is 5.75 Å². The largest absolute Gasteiger partial charge is 0.495 e. The summed E-state index contributed by atoms with van der Waals surface area (Å²) in [6.45, 7) is 1.94. The molecular formula is C28H28ClN5O4. The molecule has 10 heteroatoms. The fraction of sp³-hybridized carbons (Fsp3) is 0.214. The fourth-order valence-electron chi connectivity index (χ4n) is 4.09. The first-order valence-corrected chi connectivity index (χ1v) is 12.3. The number of hydrogen-bond acceptors (Lipinski definition) is 6. The van der Waals surface area contributed by atoms with Crippen LogP contribution in [0.2, 0.25) is 5.02 Å². The average molecular weight is 534 g/mol. The number of ether oxygens (including phenoxy) is 2. The molecule has 0 bridgehead atoms. The first-order chi connectivity index (χ1) is 18.3. The van der Waals surface area contributed by atoms with E-state index in [9.17, 15) is 9.59 Å². The number of aryl methyl sites for hydroxylation is 2. The molecule has 0 atom stereocenters. The second-order valence-electron chi connectivity index (χ2n) is 8.62. The fourth-order valence-corrected chi connectivity index (χ4v) is 4.36. The van der Waals surface area contributed by atoms with E-state index in [1.807, 2.05) is 42.8 Å². The van der Waals surface area contributed by atoms with Gasteiger partial charge in [0.2, 0.25) is 0 Å². The third-order valence-corrected chi connectivity index (χ3v) is 6.45. The van der Waals surface area contributed by atoms with Gasteiger partial charge < -0.3 is 24.7 Å². The molecule has 2 amide bonds. The number of benzene rings is 3. The summed E-state index contributed by atoms with van der Waals surface area (Å²) in [4.78, 5) is 24.7. The number of carbonyl (C=O) groups excluding carboxylic acids is 2. The molecule has 0 spiro atoms. The Kier molecular flexibility index (Phi) is 8.28. The standard InChI is InChI=1S/C28H28ClN5O4/c1-17-8-14-24(37-3)23(16-17)31-28(36)30-19-11-9-18(10-12-19)26-33-32-25(34(26)2)15-13-20-21(27(35)38-4)6-5-7-22(20)29/h5-12,14,16H,13,15H2,1-4H3,(H2,30,31,36). The van der Waals surface area contributed by atoms with Gasteiger partial charge in [-0.15, -0.1) is 10.2 Å². The van der Waals surface area contributed by atoms with Gasteiger partial charge in [-0.1, -0.05) is 23.7 Å². The Labute approximate surface area is 225 Å². The molecule has 4 rings (SSSR count). The Morgan fingerprint density at radius 2 is 1.74 bits per heavy atom. The Hall–Kier alpha value is -4.37. The predicted molar refractivity (Wildman–Crippen MR) is 147 cm³/mol. The number of carbonyl (C=O) groups is 2. The molecule has 9 nitrogen and oxygen atoms in total. The SMILES string of the molecule is COC(=O)c1cccc(Cl)c1CCc1nnc(-c2ccc(NC(=O)Nc3cc(C)ccc3OC)cc2)n1C. The van der Waals surface area contributed by atoms with E-state index in [2.05, 4.69) is 20.8 Å². The van der Waals surface area contributed by atoms with Crippen LogP contribution in [0.1, 0.15) is 27.3 Å². The lowest BCUT2D eigenvalue weighted by Crippen LogP contribution is -2.19. The minimum atomic E-state index is -0.429. The molecule has 2 N–H and O–H groups in total. The summed E-state index contributed by atoms with van der Waals surface area (Å²) >= 11 is 6.36. The Bertz CT molecular complexity index is 1470. The molecule has 0 saturated carbocycles. The van der Waals surface area contributed by atoms with Gasteiger partial charge in [0.15, 0.2) is 5.82 Å². The number of methoxy groups -OCH3 is 2. The summed E-state index contributed by atoms with van der Waals surface area (Å²) in [5.74, 6) is 1.56. The van der Waals surface area contributed by atoms with Crippen LogP contribution in [0.3, 0.4) is 0 Å². The van der Waals surface area contributed by atoms with Gasteiger partial charge in [0.25, 0.3) is 0 Å². The molecule has 0 aliphatic carbocycles. The maximum absolute atomic E-state index is 12.5. The van der Waals surface area contributed by atoms with E-state index < -0.39 is 5.97 Å². The number of amides is 2. The van der Waals surface area contributed by atoms with Crippen molar-refractivity contribution in [2.45, 2.75) is 19.8 Å². The highest BCUT2D eigenvalue weighted by molar-refractivity contribution is 6.31. The molecule has 1 heterocycles. The van der Waals surface area contributed by atoms with E-state index in [-0.39, 0.29) is 6.03 Å². The van der Waals surface area contributed by atoms with Crippen LogP contribution >= 0.6 is 11.6 Å². The van der Waals surface area contributed by atoms with E-state index in [1.54, 1.807) is 43.5 Å². The molecule has 0 unspecified atom stereocenters. The van der Waals surface area contributed by atoms with Crippen molar-refractivity contribution < 1.29 is 19.1 Å². The highest BCUT2D eigenvalue weighted by Gasteiger charge is 2.17. The molecule has 1 aromatic heterocycles. The van der Waals surface area contributed by atoms with Gasteiger partial charge in [0.1, 0.15) is 11.6 Å². The molecule has 38 heavy (non-hydrogen) atoms. The van der Waals surface area contributed by atoms with Crippen LogP contribution in [0.4, 0.5) is 16.2 Å². The van der Waals surface area contributed by atoms with Crippen molar-refractivity contribution in [1.82, 2.24) is 14.8 Å². The Balaban J connectivity index is 1.43. The van der Waals surface area contributed by atoms with Crippen molar-refractivity contribution >= 4 is 35.0 Å². The van der Waals surface area contributed by atoms with Crippen LogP contribution in [0.15, 0.2) is 60.7 Å². The zero-order valence-corrected chi connectivity index (χ0v) is 22.3. The van der Waals surface area contributed by atoms with Crippen molar-refractivity contribution in [2.24, 2.45) is 7.05 Å². The zero-order chi connectivity index (χ0) is 27.2. The summed E-state index contributed by atoms with van der Waals surface area (Å²) in [7, 11) is 4.78. The number of anilines is 2. The number of rotatable bonds is 8. The Morgan fingerprint density at radius 3 is 2.45 bits per heavy atom. The van der Waals surface area contributed by atoms with Crippen molar-refractivity contribution in [3.05, 3.63) is 88.2 Å². The average Bonchev–Trinajstić information content (AvgIpc) is 3.27. The number of aromatic nitrogens is 3. The summed E-state index contributed by atoms with van der Waals surface area (Å²) in [6, 6.07) is 17.7. The van der Waals surface area contributed by atoms with Crippen molar-refractivity contribution in [1.29, 1.82) is 0 Å². The zero-order valence-electron chi connectivity index (χ0n) is 21.5. The third kappa shape index (κ3) is 5.95. The quantitative estimate of drug-likeness (QED) is 0.283. The molecule has 4 aromatic rings. The molecular weight excluding hydrogens is 506 g/mol. The van der Waals surface area contributed by atoms with Gasteiger partial charge in [-0.3, -0.25) is 0 Å². The van der Waals surface area contributed by atoms with E-state index >= 15 is 0 Å². The third-order valence-electron chi connectivity index (χ3n) is 6.09. The van der Waals surface area contributed by atoms with E-state index in [4.69, 9.17) is 21.1 Å². The molecule has 0 radical (unpaired) electrons. The first kappa shape index (κ1) is 26.7. The summed E-state index contributed by atoms with van der Waals surface area (Å²) < 4.78 is 12.1. The maximum Gasteiger partial charge on any atom is 0.338 e. The number of nitrogens with zero attached hydrogens (tertiary/aromatic N) is 3. The Morgan fingerprint density at radius 1 is 0.974 bits per heavy atom. The second-order valence-corrected chi connectivity index (χ2v) is 9.02. The topological polar surface area (TPSA) is 107 Å². The highest BCUT2D eigenvalue weighted by atomic mass is 35.5. The molecule has 196 valence electrons. The smallest absolute Gasteiger partial charge is 0.338 e. The van der Waals surface area contributed by atoms with Gasteiger partial charge in [0.05, 0.1) is 25.5 Å². The summed E-state index contributed by atoms with van der Waals surface area (Å²) in [6.07, 6.45) is 1.03. The van der Waals surface area contributed by atoms with Gasteiger partial charge in [-0.2, -0.15) is 0 Å². The lowest BCUT2D eigenvalue weighted by atomic mass is 10.0. The molecule has 3 aromatic carbocycles. The van der Waals surface area contributed by atoms with Gasteiger partial charge in [0, 0.05) is 29.7 Å². The number of halogens is 1. The monoisotopic (exact) mass is 533 g/mol. The van der Waals surface area contributed by atoms with Crippen LogP contribution in [-0.4, -0.2) is 41.0 Å². The van der Waals surface area contributed by atoms with Gasteiger partial charge >= 0.3 is 12.0 Å². The molecule has 0 saturated heterocycles. The number of urea groups is 1. The second kappa shape index (κ2) is 11.8. The lowest BCUT2D eigenvalue weighted by Gasteiger charge is -2.12.